The van der Waals surface area contributed by atoms with Crippen molar-refractivity contribution in [3.8, 4) is 11.5 Å². The first-order valence-corrected chi connectivity index (χ1v) is 7.88. The van der Waals surface area contributed by atoms with Gasteiger partial charge in [-0.1, -0.05) is 24.3 Å². The highest BCUT2D eigenvalue weighted by Gasteiger charge is 2.15. The van der Waals surface area contributed by atoms with Gasteiger partial charge in [-0.3, -0.25) is 4.90 Å². The Morgan fingerprint density at radius 3 is 2.33 bits per heavy atom. The molecule has 1 N–H and O–H groups in total. The van der Waals surface area contributed by atoms with Gasteiger partial charge in [0, 0.05) is 25.2 Å². The van der Waals surface area contributed by atoms with E-state index in [0.29, 0.717) is 31.1 Å². The quantitative estimate of drug-likeness (QED) is 0.805. The minimum Gasteiger partial charge on any atom is -0.493 e. The van der Waals surface area contributed by atoms with E-state index in [-0.39, 0.29) is 5.82 Å². The lowest BCUT2D eigenvalue weighted by molar-refractivity contribution is 0.117. The lowest BCUT2D eigenvalue weighted by Gasteiger charge is -2.25. The number of hydrogen-bond donors (Lipinski definition) is 1. The van der Waals surface area contributed by atoms with Crippen molar-refractivity contribution in [1.29, 1.82) is 0 Å². The van der Waals surface area contributed by atoms with Crippen LogP contribution in [0.15, 0.2) is 42.5 Å². The molecule has 1 atom stereocenters. The molecular weight excluding hydrogens is 309 g/mol. The molecule has 0 bridgehead atoms. The van der Waals surface area contributed by atoms with Gasteiger partial charge in [-0.15, -0.1) is 0 Å². The van der Waals surface area contributed by atoms with E-state index in [1.54, 1.807) is 33.3 Å². The van der Waals surface area contributed by atoms with E-state index in [1.165, 1.54) is 12.1 Å². The molecule has 0 saturated heterocycles. The number of benzene rings is 2. The predicted molar refractivity (Wildman–Crippen MR) is 91.7 cm³/mol. The van der Waals surface area contributed by atoms with Gasteiger partial charge in [-0.05, 0) is 30.7 Å². The molecule has 0 amide bonds. The number of para-hydroxylation sites is 1. The van der Waals surface area contributed by atoms with Crippen LogP contribution < -0.4 is 9.47 Å². The molecular formula is C19H24FNO3. The normalized spacial score (nSPS) is 12.2. The van der Waals surface area contributed by atoms with Gasteiger partial charge in [0.1, 0.15) is 5.82 Å². The zero-order chi connectivity index (χ0) is 17.5. The van der Waals surface area contributed by atoms with E-state index in [9.17, 15) is 9.50 Å². The standard InChI is InChI=1S/C19H24FNO3/c1-14(22)11-21(12-15-7-9-17(20)10-8-15)13-16-5-4-6-18(23-2)19(16)24-3/h4-10,14,22H,11-13H2,1-3H3. The summed E-state index contributed by atoms with van der Waals surface area (Å²) in [6.07, 6.45) is -0.470. The number of hydrogen-bond acceptors (Lipinski definition) is 4. The molecule has 5 heteroatoms. The smallest absolute Gasteiger partial charge is 0.165 e. The fourth-order valence-electron chi connectivity index (χ4n) is 2.73. The van der Waals surface area contributed by atoms with Crippen LogP contribution in [0.3, 0.4) is 0 Å². The molecule has 2 aromatic carbocycles. The Hall–Kier alpha value is -2.11. The summed E-state index contributed by atoms with van der Waals surface area (Å²) in [5.41, 5.74) is 1.96. The van der Waals surface area contributed by atoms with E-state index < -0.39 is 6.10 Å². The monoisotopic (exact) mass is 333 g/mol. The van der Waals surface area contributed by atoms with Crippen LogP contribution in [-0.2, 0) is 13.1 Å². The third-order valence-corrected chi connectivity index (χ3v) is 3.72. The number of aliphatic hydroxyl groups excluding tert-OH is 1. The molecule has 1 unspecified atom stereocenters. The molecule has 2 rings (SSSR count). The third-order valence-electron chi connectivity index (χ3n) is 3.72. The molecule has 4 nitrogen and oxygen atoms in total. The van der Waals surface area contributed by atoms with Gasteiger partial charge in [-0.2, -0.15) is 0 Å². The topological polar surface area (TPSA) is 41.9 Å². The maximum atomic E-state index is 13.1. The van der Waals surface area contributed by atoms with Crippen LogP contribution in [0.4, 0.5) is 4.39 Å². The summed E-state index contributed by atoms with van der Waals surface area (Å²) in [6.45, 7) is 3.44. The second-order valence-electron chi connectivity index (χ2n) is 5.80. The van der Waals surface area contributed by atoms with Gasteiger partial charge in [0.25, 0.3) is 0 Å². The van der Waals surface area contributed by atoms with Crippen LogP contribution in [0.2, 0.25) is 0 Å². The Bertz CT molecular complexity index is 644. The Morgan fingerprint density at radius 1 is 1.04 bits per heavy atom. The average molecular weight is 333 g/mol. The Kier molecular flexibility index (Phi) is 6.58. The van der Waals surface area contributed by atoms with E-state index >= 15 is 0 Å². The summed E-state index contributed by atoms with van der Waals surface area (Å²) in [6, 6.07) is 12.1. The highest BCUT2D eigenvalue weighted by molar-refractivity contribution is 5.46. The molecule has 0 fully saturated rings. The molecule has 0 aliphatic heterocycles. The van der Waals surface area contributed by atoms with Crippen LogP contribution in [0.25, 0.3) is 0 Å². The molecule has 0 aromatic heterocycles. The molecule has 0 aliphatic rings. The summed E-state index contributed by atoms with van der Waals surface area (Å²) >= 11 is 0. The molecule has 0 heterocycles. The number of methoxy groups -OCH3 is 2. The van der Waals surface area contributed by atoms with Crippen LogP contribution >= 0.6 is 0 Å². The van der Waals surface area contributed by atoms with Crippen molar-refractivity contribution in [2.45, 2.75) is 26.1 Å². The van der Waals surface area contributed by atoms with E-state index in [4.69, 9.17) is 9.47 Å². The minimum atomic E-state index is -0.470. The van der Waals surface area contributed by atoms with E-state index in [0.717, 1.165) is 11.1 Å². The van der Waals surface area contributed by atoms with Crippen LogP contribution in [0.5, 0.6) is 11.5 Å². The molecule has 130 valence electrons. The van der Waals surface area contributed by atoms with Crippen molar-refractivity contribution in [2.24, 2.45) is 0 Å². The van der Waals surface area contributed by atoms with Gasteiger partial charge in [-0.25, -0.2) is 4.39 Å². The zero-order valence-corrected chi connectivity index (χ0v) is 14.3. The summed E-state index contributed by atoms with van der Waals surface area (Å²) in [5.74, 6) is 1.11. The second kappa shape index (κ2) is 8.66. The molecule has 2 aromatic rings. The van der Waals surface area contributed by atoms with Crippen molar-refractivity contribution in [1.82, 2.24) is 4.90 Å². The molecule has 24 heavy (non-hydrogen) atoms. The number of nitrogens with zero attached hydrogens (tertiary/aromatic N) is 1. The van der Waals surface area contributed by atoms with E-state index in [2.05, 4.69) is 4.90 Å². The van der Waals surface area contributed by atoms with Gasteiger partial charge in [0.05, 0.1) is 20.3 Å². The van der Waals surface area contributed by atoms with Gasteiger partial charge in [0.2, 0.25) is 0 Å². The van der Waals surface area contributed by atoms with Crippen LogP contribution in [0, 0.1) is 5.82 Å². The van der Waals surface area contributed by atoms with Crippen LogP contribution in [-0.4, -0.2) is 36.9 Å². The fourth-order valence-corrected chi connectivity index (χ4v) is 2.73. The van der Waals surface area contributed by atoms with Gasteiger partial charge >= 0.3 is 0 Å². The van der Waals surface area contributed by atoms with Gasteiger partial charge in [0.15, 0.2) is 11.5 Å². The van der Waals surface area contributed by atoms with E-state index in [1.807, 2.05) is 18.2 Å². The van der Waals surface area contributed by atoms with Crippen molar-refractivity contribution < 1.29 is 19.0 Å². The Balaban J connectivity index is 2.21. The lowest BCUT2D eigenvalue weighted by Crippen LogP contribution is -2.30. The zero-order valence-electron chi connectivity index (χ0n) is 14.3. The first-order chi connectivity index (χ1) is 11.5. The Morgan fingerprint density at radius 2 is 1.75 bits per heavy atom. The summed E-state index contributed by atoms with van der Waals surface area (Å²) in [4.78, 5) is 2.09. The highest BCUT2D eigenvalue weighted by Crippen LogP contribution is 2.31. The summed E-state index contributed by atoms with van der Waals surface area (Å²) < 4.78 is 23.9. The van der Waals surface area contributed by atoms with Crippen molar-refractivity contribution >= 4 is 0 Å². The maximum absolute atomic E-state index is 13.1. The highest BCUT2D eigenvalue weighted by atomic mass is 19.1. The first-order valence-electron chi connectivity index (χ1n) is 7.88. The molecule has 0 spiro atoms. The minimum absolute atomic E-state index is 0.254. The summed E-state index contributed by atoms with van der Waals surface area (Å²) in [7, 11) is 3.22. The largest absolute Gasteiger partial charge is 0.493 e. The second-order valence-corrected chi connectivity index (χ2v) is 5.80. The number of halogens is 1. The predicted octanol–water partition coefficient (Wildman–Crippen LogP) is 3.23. The SMILES string of the molecule is COc1cccc(CN(Cc2ccc(F)cc2)CC(C)O)c1OC. The van der Waals surface area contributed by atoms with Crippen molar-refractivity contribution in [3.05, 3.63) is 59.4 Å². The van der Waals surface area contributed by atoms with Crippen LogP contribution in [0.1, 0.15) is 18.1 Å². The average Bonchev–Trinajstić information content (AvgIpc) is 2.56. The molecule has 0 aliphatic carbocycles. The lowest BCUT2D eigenvalue weighted by atomic mass is 10.1. The number of rotatable bonds is 8. The fraction of sp³-hybridized carbons (Fsp3) is 0.368. The Labute approximate surface area is 142 Å². The van der Waals surface area contributed by atoms with Crippen molar-refractivity contribution in [2.75, 3.05) is 20.8 Å². The van der Waals surface area contributed by atoms with Crippen molar-refractivity contribution in [3.63, 3.8) is 0 Å². The third kappa shape index (κ3) is 4.94. The number of aliphatic hydroxyl groups is 1. The molecule has 0 saturated carbocycles. The number of ether oxygens (including phenoxy) is 2. The first kappa shape index (κ1) is 18.2. The molecule has 0 radical (unpaired) electrons. The summed E-state index contributed by atoms with van der Waals surface area (Å²) in [5, 5.41) is 9.79. The van der Waals surface area contributed by atoms with Gasteiger partial charge < -0.3 is 14.6 Å². The maximum Gasteiger partial charge on any atom is 0.165 e.